The molecule has 5 heteroatoms. The van der Waals surface area contributed by atoms with E-state index >= 15 is 0 Å². The fraction of sp³-hybridized carbons (Fsp3) is 0.611. The van der Waals surface area contributed by atoms with Crippen LogP contribution in [0.3, 0.4) is 0 Å². The minimum absolute atomic E-state index is 0. The van der Waals surface area contributed by atoms with Crippen LogP contribution >= 0.6 is 24.0 Å². The Bertz CT molecular complexity index is 492. The van der Waals surface area contributed by atoms with Gasteiger partial charge in [-0.1, -0.05) is 42.6 Å². The van der Waals surface area contributed by atoms with Crippen molar-refractivity contribution < 1.29 is 4.79 Å². The zero-order valence-electron chi connectivity index (χ0n) is 13.8. The maximum absolute atomic E-state index is 12.6. The predicted molar refractivity (Wildman–Crippen MR) is 99.1 cm³/mol. The minimum Gasteiger partial charge on any atom is -0.333 e. The molecule has 0 spiro atoms. The molecule has 0 heterocycles. The number of unbranched alkanes of at least 4 members (excludes halogenated alkanes) is 3. The molecule has 1 aliphatic rings. The number of rotatable bonds is 9. The average molecular weight is 359 g/mol. The first-order valence-electron chi connectivity index (χ1n) is 8.40. The van der Waals surface area contributed by atoms with E-state index in [2.05, 4.69) is 11.8 Å². The average Bonchev–Trinajstić information content (AvgIpc) is 3.32. The fourth-order valence-corrected chi connectivity index (χ4v) is 3.25. The van der Waals surface area contributed by atoms with Gasteiger partial charge in [-0.15, -0.1) is 12.4 Å². The molecule has 0 aliphatic heterocycles. The summed E-state index contributed by atoms with van der Waals surface area (Å²) >= 11 is 6.30. The molecule has 2 N–H and O–H groups in total. The summed E-state index contributed by atoms with van der Waals surface area (Å²) in [5.74, 6) is 0.266. The van der Waals surface area contributed by atoms with Gasteiger partial charge >= 0.3 is 0 Å². The Kier molecular flexibility index (Phi) is 8.96. The zero-order chi connectivity index (χ0) is 15.9. The number of carbonyl (C=O) groups is 1. The summed E-state index contributed by atoms with van der Waals surface area (Å²) in [7, 11) is 0. The van der Waals surface area contributed by atoms with Crippen molar-refractivity contribution in [1.29, 1.82) is 0 Å². The first-order valence-corrected chi connectivity index (χ1v) is 8.78. The molecule has 23 heavy (non-hydrogen) atoms. The van der Waals surface area contributed by atoms with E-state index in [-0.39, 0.29) is 24.4 Å². The molecular weight excluding hydrogens is 331 g/mol. The Labute approximate surface area is 151 Å². The van der Waals surface area contributed by atoms with Crippen LogP contribution in [-0.4, -0.2) is 23.4 Å². The second-order valence-electron chi connectivity index (χ2n) is 6.18. The Balaban J connectivity index is 0.00000264. The molecule has 1 fully saturated rings. The first kappa shape index (κ1) is 20.3. The number of hydrogen-bond acceptors (Lipinski definition) is 2. The second-order valence-corrected chi connectivity index (χ2v) is 6.59. The van der Waals surface area contributed by atoms with Crippen molar-refractivity contribution in [2.45, 2.75) is 64.0 Å². The number of nitrogens with two attached hydrogens (primary N) is 1. The van der Waals surface area contributed by atoms with Crippen LogP contribution in [0.4, 0.5) is 0 Å². The lowest BCUT2D eigenvalue weighted by molar-refractivity contribution is -0.134. The van der Waals surface area contributed by atoms with Crippen molar-refractivity contribution in [3.63, 3.8) is 0 Å². The molecule has 0 aromatic heterocycles. The van der Waals surface area contributed by atoms with Gasteiger partial charge in [0.25, 0.3) is 0 Å². The maximum Gasteiger partial charge on any atom is 0.223 e. The molecule has 2 rings (SSSR count). The molecule has 3 nitrogen and oxygen atoms in total. The normalized spacial score (nSPS) is 14.9. The lowest BCUT2D eigenvalue weighted by Crippen LogP contribution is -2.35. The van der Waals surface area contributed by atoms with E-state index in [1.54, 1.807) is 0 Å². The second kappa shape index (κ2) is 10.2. The van der Waals surface area contributed by atoms with Gasteiger partial charge in [-0.05, 0) is 50.8 Å². The van der Waals surface area contributed by atoms with Gasteiger partial charge in [-0.25, -0.2) is 0 Å². The van der Waals surface area contributed by atoms with Crippen molar-refractivity contribution >= 4 is 29.9 Å². The SMILES string of the molecule is CC(c1ccccc1Cl)N(C(=O)CCCCCCN)C1CC1.Cl. The van der Waals surface area contributed by atoms with Crippen LogP contribution in [-0.2, 0) is 4.79 Å². The molecular formula is C18H28Cl2N2O. The predicted octanol–water partition coefficient (Wildman–Crippen LogP) is 4.72. The molecule has 1 unspecified atom stereocenters. The maximum atomic E-state index is 12.6. The highest BCUT2D eigenvalue weighted by Gasteiger charge is 2.36. The van der Waals surface area contributed by atoms with E-state index < -0.39 is 0 Å². The lowest BCUT2D eigenvalue weighted by atomic mass is 10.1. The highest BCUT2D eigenvalue weighted by Crippen LogP contribution is 2.37. The fourth-order valence-electron chi connectivity index (χ4n) is 2.96. The monoisotopic (exact) mass is 358 g/mol. The summed E-state index contributed by atoms with van der Waals surface area (Å²) in [6, 6.07) is 8.30. The van der Waals surface area contributed by atoms with E-state index in [0.29, 0.717) is 12.5 Å². The summed E-state index contributed by atoms with van der Waals surface area (Å²) in [5.41, 5.74) is 6.55. The van der Waals surface area contributed by atoms with Gasteiger partial charge in [-0.3, -0.25) is 4.79 Å². The van der Waals surface area contributed by atoms with Crippen LogP contribution in [0.2, 0.25) is 5.02 Å². The smallest absolute Gasteiger partial charge is 0.223 e. The van der Waals surface area contributed by atoms with Crippen molar-refractivity contribution in [3.05, 3.63) is 34.9 Å². The van der Waals surface area contributed by atoms with Gasteiger partial charge < -0.3 is 10.6 Å². The molecule has 0 saturated heterocycles. The number of nitrogens with zero attached hydrogens (tertiary/aromatic N) is 1. The van der Waals surface area contributed by atoms with Crippen LogP contribution in [0, 0.1) is 0 Å². The topological polar surface area (TPSA) is 46.3 Å². The van der Waals surface area contributed by atoms with Gasteiger partial charge in [0.2, 0.25) is 5.91 Å². The van der Waals surface area contributed by atoms with Crippen LogP contribution < -0.4 is 5.73 Å². The molecule has 1 aromatic rings. The van der Waals surface area contributed by atoms with Crippen molar-refractivity contribution in [2.75, 3.05) is 6.54 Å². The Morgan fingerprint density at radius 1 is 1.26 bits per heavy atom. The van der Waals surface area contributed by atoms with Gasteiger partial charge in [0.15, 0.2) is 0 Å². The van der Waals surface area contributed by atoms with E-state index in [4.69, 9.17) is 17.3 Å². The van der Waals surface area contributed by atoms with Crippen molar-refractivity contribution in [3.8, 4) is 0 Å². The Hall–Kier alpha value is -0.770. The number of amides is 1. The van der Waals surface area contributed by atoms with Crippen LogP contribution in [0.5, 0.6) is 0 Å². The summed E-state index contributed by atoms with van der Waals surface area (Å²) in [4.78, 5) is 14.7. The van der Waals surface area contributed by atoms with E-state index in [0.717, 1.165) is 55.7 Å². The molecule has 1 amide bonds. The molecule has 0 bridgehead atoms. The Morgan fingerprint density at radius 2 is 1.91 bits per heavy atom. The van der Waals surface area contributed by atoms with E-state index in [1.165, 1.54) is 0 Å². The summed E-state index contributed by atoms with van der Waals surface area (Å²) in [5, 5.41) is 0.747. The third kappa shape index (κ3) is 5.98. The van der Waals surface area contributed by atoms with Crippen LogP contribution in [0.1, 0.15) is 63.5 Å². The molecule has 1 aliphatic carbocycles. The molecule has 1 atom stereocenters. The third-order valence-electron chi connectivity index (χ3n) is 4.35. The van der Waals surface area contributed by atoms with E-state index in [9.17, 15) is 4.79 Å². The van der Waals surface area contributed by atoms with Gasteiger partial charge in [0, 0.05) is 17.5 Å². The van der Waals surface area contributed by atoms with Gasteiger partial charge in [0.1, 0.15) is 0 Å². The van der Waals surface area contributed by atoms with Crippen LogP contribution in [0.25, 0.3) is 0 Å². The largest absolute Gasteiger partial charge is 0.333 e. The number of hydrogen-bond donors (Lipinski definition) is 1. The highest BCUT2D eigenvalue weighted by atomic mass is 35.5. The number of carbonyl (C=O) groups excluding carboxylic acids is 1. The quantitative estimate of drug-likeness (QED) is 0.649. The molecule has 130 valence electrons. The summed E-state index contributed by atoms with van der Waals surface area (Å²) in [6.07, 6.45) is 7.08. The first-order chi connectivity index (χ1) is 10.6. The van der Waals surface area contributed by atoms with Gasteiger partial charge in [-0.2, -0.15) is 0 Å². The molecule has 0 radical (unpaired) electrons. The van der Waals surface area contributed by atoms with Crippen molar-refractivity contribution in [2.24, 2.45) is 5.73 Å². The molecule has 1 aromatic carbocycles. The minimum atomic E-state index is 0. The van der Waals surface area contributed by atoms with Crippen molar-refractivity contribution in [1.82, 2.24) is 4.90 Å². The number of benzene rings is 1. The molecule has 1 saturated carbocycles. The summed E-state index contributed by atoms with van der Waals surface area (Å²) < 4.78 is 0. The standard InChI is InChI=1S/C18H27ClN2O.ClH/c1-14(16-8-5-6-9-17(16)19)21(15-11-12-15)18(22)10-4-2-3-7-13-20;/h5-6,8-9,14-15H,2-4,7,10-13,20H2,1H3;1H. The Morgan fingerprint density at radius 3 is 2.52 bits per heavy atom. The zero-order valence-corrected chi connectivity index (χ0v) is 15.4. The highest BCUT2D eigenvalue weighted by molar-refractivity contribution is 6.31. The van der Waals surface area contributed by atoms with Crippen LogP contribution in [0.15, 0.2) is 24.3 Å². The third-order valence-corrected chi connectivity index (χ3v) is 4.69. The number of halogens is 2. The summed E-state index contributed by atoms with van der Waals surface area (Å²) in [6.45, 7) is 2.83. The lowest BCUT2D eigenvalue weighted by Gasteiger charge is -2.30. The van der Waals surface area contributed by atoms with Gasteiger partial charge in [0.05, 0.1) is 6.04 Å². The van der Waals surface area contributed by atoms with E-state index in [1.807, 2.05) is 24.3 Å².